The standard InChI is InChI=1S/C18H22F2O2/c1-12-8-17(13-6-4-3-5-7-13)10-14(18(12,19)20)9-16(2,11-17)15(21)22/h3-7,12,14H,8-11H2,1-2H3,(H,21,22). The van der Waals surface area contributed by atoms with Crippen LogP contribution in [-0.2, 0) is 10.2 Å². The molecule has 0 amide bonds. The number of carboxylic acid groups (broad SMARTS) is 1. The van der Waals surface area contributed by atoms with Gasteiger partial charge in [-0.3, -0.25) is 4.79 Å². The minimum Gasteiger partial charge on any atom is -0.481 e. The molecule has 1 aromatic rings. The maximum absolute atomic E-state index is 14.6. The van der Waals surface area contributed by atoms with Crippen LogP contribution in [0.5, 0.6) is 0 Å². The van der Waals surface area contributed by atoms with Gasteiger partial charge in [-0.1, -0.05) is 37.3 Å². The van der Waals surface area contributed by atoms with Gasteiger partial charge in [-0.15, -0.1) is 0 Å². The molecule has 4 unspecified atom stereocenters. The van der Waals surface area contributed by atoms with Crippen LogP contribution in [0.4, 0.5) is 8.78 Å². The zero-order valence-electron chi connectivity index (χ0n) is 13.0. The van der Waals surface area contributed by atoms with E-state index in [9.17, 15) is 18.7 Å². The SMILES string of the molecule is CC1CC2(c3ccccc3)CC(CC(C)(C(=O)O)C2)C1(F)F. The smallest absolute Gasteiger partial charge is 0.309 e. The lowest BCUT2D eigenvalue weighted by atomic mass is 9.49. The molecular weight excluding hydrogens is 286 g/mol. The first-order valence-corrected chi connectivity index (χ1v) is 7.86. The Morgan fingerprint density at radius 2 is 1.82 bits per heavy atom. The number of fused-ring (bicyclic) bond motifs is 2. The molecule has 2 fully saturated rings. The van der Waals surface area contributed by atoms with Crippen LogP contribution in [0.15, 0.2) is 30.3 Å². The molecule has 0 aliphatic heterocycles. The van der Waals surface area contributed by atoms with Crippen molar-refractivity contribution < 1.29 is 18.7 Å². The lowest BCUT2D eigenvalue weighted by Crippen LogP contribution is -2.56. The van der Waals surface area contributed by atoms with Crippen LogP contribution in [0.1, 0.15) is 45.1 Å². The summed E-state index contributed by atoms with van der Waals surface area (Å²) in [5, 5.41) is 9.61. The van der Waals surface area contributed by atoms with Crippen molar-refractivity contribution in [3.63, 3.8) is 0 Å². The van der Waals surface area contributed by atoms with E-state index in [1.54, 1.807) is 13.8 Å². The van der Waals surface area contributed by atoms with Crippen molar-refractivity contribution in [3.8, 4) is 0 Å². The number of rotatable bonds is 2. The Morgan fingerprint density at radius 3 is 2.41 bits per heavy atom. The molecule has 4 atom stereocenters. The van der Waals surface area contributed by atoms with Crippen molar-refractivity contribution in [2.45, 2.75) is 50.9 Å². The van der Waals surface area contributed by atoms with Crippen LogP contribution in [0.25, 0.3) is 0 Å². The van der Waals surface area contributed by atoms with Crippen molar-refractivity contribution in [2.24, 2.45) is 17.3 Å². The van der Waals surface area contributed by atoms with E-state index in [0.717, 1.165) is 5.56 Å². The monoisotopic (exact) mass is 308 g/mol. The summed E-state index contributed by atoms with van der Waals surface area (Å²) in [4.78, 5) is 11.7. The Bertz CT molecular complexity index is 582. The van der Waals surface area contributed by atoms with Crippen LogP contribution >= 0.6 is 0 Å². The Labute approximate surface area is 129 Å². The molecule has 4 heteroatoms. The summed E-state index contributed by atoms with van der Waals surface area (Å²) in [5.74, 6) is -5.31. The maximum atomic E-state index is 14.6. The van der Waals surface area contributed by atoms with E-state index < -0.39 is 34.6 Å². The zero-order valence-corrected chi connectivity index (χ0v) is 13.0. The predicted molar refractivity (Wildman–Crippen MR) is 79.9 cm³/mol. The molecule has 3 rings (SSSR count). The molecule has 2 saturated carbocycles. The Morgan fingerprint density at radius 1 is 1.18 bits per heavy atom. The molecule has 2 nitrogen and oxygen atoms in total. The van der Waals surface area contributed by atoms with Gasteiger partial charge in [0.2, 0.25) is 0 Å². The highest BCUT2D eigenvalue weighted by atomic mass is 19.3. The van der Waals surface area contributed by atoms with Crippen LogP contribution in [0.3, 0.4) is 0 Å². The second kappa shape index (κ2) is 4.77. The third-order valence-electron chi connectivity index (χ3n) is 5.86. The van der Waals surface area contributed by atoms with Gasteiger partial charge in [0, 0.05) is 11.8 Å². The van der Waals surface area contributed by atoms with E-state index in [0.29, 0.717) is 19.3 Å². The highest BCUT2D eigenvalue weighted by Crippen LogP contribution is 2.62. The predicted octanol–water partition coefficient (Wildman–Crippen LogP) is 4.49. The lowest BCUT2D eigenvalue weighted by molar-refractivity contribution is -0.188. The second-order valence-electron chi connectivity index (χ2n) is 7.57. The third kappa shape index (κ3) is 2.15. The number of hydrogen-bond donors (Lipinski definition) is 1. The molecule has 120 valence electrons. The first-order chi connectivity index (χ1) is 10.2. The Balaban J connectivity index is 2.10. The number of carbonyl (C=O) groups is 1. The molecule has 2 bridgehead atoms. The minimum absolute atomic E-state index is 0.0637. The number of halogens is 2. The van der Waals surface area contributed by atoms with Crippen molar-refractivity contribution in [1.82, 2.24) is 0 Å². The zero-order chi connectivity index (χ0) is 16.2. The molecule has 0 spiro atoms. The first kappa shape index (κ1) is 15.4. The molecule has 0 aromatic heterocycles. The van der Waals surface area contributed by atoms with Crippen molar-refractivity contribution in [3.05, 3.63) is 35.9 Å². The molecule has 1 aromatic carbocycles. The molecule has 22 heavy (non-hydrogen) atoms. The van der Waals surface area contributed by atoms with Gasteiger partial charge in [0.25, 0.3) is 5.92 Å². The summed E-state index contributed by atoms with van der Waals surface area (Å²) in [5.41, 5.74) is -0.518. The van der Waals surface area contributed by atoms with E-state index in [4.69, 9.17) is 0 Å². The quantitative estimate of drug-likeness (QED) is 0.874. The average molecular weight is 308 g/mol. The molecule has 0 radical (unpaired) electrons. The number of carboxylic acids is 1. The second-order valence-corrected chi connectivity index (χ2v) is 7.57. The summed E-state index contributed by atoms with van der Waals surface area (Å²) in [6, 6.07) is 9.63. The highest BCUT2D eigenvalue weighted by Gasteiger charge is 2.62. The van der Waals surface area contributed by atoms with E-state index in [1.165, 1.54) is 0 Å². The number of hydrogen-bond acceptors (Lipinski definition) is 1. The highest BCUT2D eigenvalue weighted by molar-refractivity contribution is 5.74. The molecule has 2 aliphatic rings. The number of benzene rings is 1. The topological polar surface area (TPSA) is 37.3 Å². The van der Waals surface area contributed by atoms with Gasteiger partial charge in [-0.05, 0) is 43.6 Å². The van der Waals surface area contributed by atoms with Crippen LogP contribution in [0.2, 0.25) is 0 Å². The first-order valence-electron chi connectivity index (χ1n) is 7.86. The lowest BCUT2D eigenvalue weighted by Gasteiger charge is -2.56. The van der Waals surface area contributed by atoms with Crippen molar-refractivity contribution >= 4 is 5.97 Å². The van der Waals surface area contributed by atoms with Crippen LogP contribution in [0, 0.1) is 17.3 Å². The normalized spacial score (nSPS) is 40.2. The van der Waals surface area contributed by atoms with Crippen molar-refractivity contribution in [2.75, 3.05) is 0 Å². The van der Waals surface area contributed by atoms with Gasteiger partial charge in [0.05, 0.1) is 5.41 Å². The fourth-order valence-corrected chi connectivity index (χ4v) is 4.82. The van der Waals surface area contributed by atoms with Gasteiger partial charge in [-0.25, -0.2) is 8.78 Å². The minimum atomic E-state index is -2.78. The fraction of sp³-hybridized carbons (Fsp3) is 0.611. The summed E-state index contributed by atoms with van der Waals surface area (Å²) < 4.78 is 29.1. The molecule has 0 heterocycles. The van der Waals surface area contributed by atoms with Crippen LogP contribution < -0.4 is 0 Å². The summed E-state index contributed by atoms with van der Waals surface area (Å²) in [6.45, 7) is 3.23. The van der Waals surface area contributed by atoms with Crippen molar-refractivity contribution in [1.29, 1.82) is 0 Å². The Kier molecular flexibility index (Phi) is 3.35. The van der Waals surface area contributed by atoms with E-state index in [1.807, 2.05) is 30.3 Å². The third-order valence-corrected chi connectivity index (χ3v) is 5.86. The molecule has 0 saturated heterocycles. The largest absolute Gasteiger partial charge is 0.481 e. The molecule has 1 N–H and O–H groups in total. The van der Waals surface area contributed by atoms with Gasteiger partial charge in [0.15, 0.2) is 0 Å². The van der Waals surface area contributed by atoms with E-state index in [-0.39, 0.29) is 6.42 Å². The number of aliphatic carboxylic acids is 1. The molecular formula is C18H22F2O2. The van der Waals surface area contributed by atoms with E-state index in [2.05, 4.69) is 0 Å². The summed E-state index contributed by atoms with van der Waals surface area (Å²) in [7, 11) is 0. The fourth-order valence-electron chi connectivity index (χ4n) is 4.82. The summed E-state index contributed by atoms with van der Waals surface area (Å²) in [6.07, 6.45) is 1.24. The Hall–Kier alpha value is -1.45. The molecule has 2 aliphatic carbocycles. The van der Waals surface area contributed by atoms with Gasteiger partial charge in [0.1, 0.15) is 0 Å². The summed E-state index contributed by atoms with van der Waals surface area (Å²) >= 11 is 0. The maximum Gasteiger partial charge on any atom is 0.309 e. The van der Waals surface area contributed by atoms with Crippen LogP contribution in [-0.4, -0.2) is 17.0 Å². The number of alkyl halides is 2. The van der Waals surface area contributed by atoms with Gasteiger partial charge < -0.3 is 5.11 Å². The van der Waals surface area contributed by atoms with Gasteiger partial charge >= 0.3 is 5.97 Å². The average Bonchev–Trinajstić information content (AvgIpc) is 2.46. The van der Waals surface area contributed by atoms with E-state index >= 15 is 0 Å². The van der Waals surface area contributed by atoms with Gasteiger partial charge in [-0.2, -0.15) is 0 Å².